The quantitative estimate of drug-likeness (QED) is 0.621. The third-order valence-corrected chi connectivity index (χ3v) is 6.24. The van der Waals surface area contributed by atoms with Gasteiger partial charge in [-0.05, 0) is 23.1 Å². The molecule has 1 aliphatic heterocycles. The zero-order valence-electron chi connectivity index (χ0n) is 15.7. The Morgan fingerprint density at radius 3 is 2.54 bits per heavy atom. The fourth-order valence-electron chi connectivity index (χ4n) is 3.63. The SMILES string of the molecule is CN(C)c1ccc(C2SCC(=O)N2Cc2ccc(F)cc2F)c2ccccc12. The number of nitrogens with zero attached hydrogens (tertiary/aromatic N) is 2. The van der Waals surface area contributed by atoms with E-state index >= 15 is 0 Å². The largest absolute Gasteiger partial charge is 0.377 e. The molecule has 1 aliphatic rings. The van der Waals surface area contributed by atoms with E-state index < -0.39 is 11.6 Å². The maximum absolute atomic E-state index is 14.2. The molecule has 1 atom stereocenters. The van der Waals surface area contributed by atoms with Crippen LogP contribution < -0.4 is 4.90 Å². The van der Waals surface area contributed by atoms with Crippen LogP contribution in [-0.2, 0) is 11.3 Å². The van der Waals surface area contributed by atoms with Crippen molar-refractivity contribution in [3.05, 3.63) is 77.4 Å². The van der Waals surface area contributed by atoms with E-state index in [4.69, 9.17) is 0 Å². The molecule has 1 unspecified atom stereocenters. The zero-order valence-corrected chi connectivity index (χ0v) is 16.5. The molecule has 0 spiro atoms. The first kappa shape index (κ1) is 18.7. The van der Waals surface area contributed by atoms with Gasteiger partial charge in [-0.2, -0.15) is 0 Å². The monoisotopic (exact) mass is 398 g/mol. The number of halogens is 2. The van der Waals surface area contributed by atoms with Gasteiger partial charge in [0.2, 0.25) is 5.91 Å². The molecule has 28 heavy (non-hydrogen) atoms. The number of amides is 1. The highest BCUT2D eigenvalue weighted by atomic mass is 32.2. The Bertz CT molecular complexity index is 1050. The molecule has 1 heterocycles. The molecule has 0 aliphatic carbocycles. The maximum atomic E-state index is 14.2. The molecule has 144 valence electrons. The van der Waals surface area contributed by atoms with E-state index in [2.05, 4.69) is 23.1 Å². The van der Waals surface area contributed by atoms with Gasteiger partial charge in [0.25, 0.3) is 0 Å². The number of carbonyl (C=O) groups is 1. The number of fused-ring (bicyclic) bond motifs is 1. The van der Waals surface area contributed by atoms with Crippen LogP contribution in [0.25, 0.3) is 10.8 Å². The summed E-state index contributed by atoms with van der Waals surface area (Å²) in [5.74, 6) is -0.946. The number of anilines is 1. The van der Waals surface area contributed by atoms with Gasteiger partial charge in [-0.15, -0.1) is 11.8 Å². The molecule has 3 nitrogen and oxygen atoms in total. The van der Waals surface area contributed by atoms with E-state index in [1.54, 1.807) is 4.90 Å². The summed E-state index contributed by atoms with van der Waals surface area (Å²) in [6.45, 7) is 0.117. The molecule has 0 radical (unpaired) electrons. The Balaban J connectivity index is 1.75. The Hall–Kier alpha value is -2.60. The Kier molecular flexibility index (Phi) is 4.98. The van der Waals surface area contributed by atoms with Crippen LogP contribution in [0.4, 0.5) is 14.5 Å². The van der Waals surface area contributed by atoms with E-state index in [0.717, 1.165) is 28.1 Å². The second kappa shape index (κ2) is 7.43. The molecule has 4 rings (SSSR count). The fourth-order valence-corrected chi connectivity index (χ4v) is 4.85. The van der Waals surface area contributed by atoms with E-state index in [9.17, 15) is 13.6 Å². The zero-order chi connectivity index (χ0) is 19.8. The summed E-state index contributed by atoms with van der Waals surface area (Å²) < 4.78 is 27.4. The summed E-state index contributed by atoms with van der Waals surface area (Å²) >= 11 is 1.54. The first-order valence-electron chi connectivity index (χ1n) is 8.99. The minimum absolute atomic E-state index is 0.0421. The van der Waals surface area contributed by atoms with Crippen LogP contribution in [0, 0.1) is 11.6 Å². The average molecular weight is 398 g/mol. The van der Waals surface area contributed by atoms with Crippen LogP contribution in [0.2, 0.25) is 0 Å². The number of rotatable bonds is 4. The lowest BCUT2D eigenvalue weighted by atomic mass is 10.0. The molecule has 3 aromatic carbocycles. The van der Waals surface area contributed by atoms with E-state index in [1.807, 2.05) is 32.3 Å². The summed E-state index contributed by atoms with van der Waals surface area (Å²) in [5, 5.41) is 1.97. The number of benzene rings is 3. The molecule has 1 fully saturated rings. The van der Waals surface area contributed by atoms with Crippen LogP contribution in [0.1, 0.15) is 16.5 Å². The van der Waals surface area contributed by atoms with Crippen molar-refractivity contribution in [1.82, 2.24) is 4.90 Å². The first-order chi connectivity index (χ1) is 13.5. The van der Waals surface area contributed by atoms with Gasteiger partial charge >= 0.3 is 0 Å². The fraction of sp³-hybridized carbons (Fsp3) is 0.227. The molecule has 0 N–H and O–H groups in total. The lowest BCUT2D eigenvalue weighted by Gasteiger charge is -2.27. The third-order valence-electron chi connectivity index (χ3n) is 5.01. The van der Waals surface area contributed by atoms with Crippen molar-refractivity contribution in [3.8, 4) is 0 Å². The van der Waals surface area contributed by atoms with Crippen molar-refractivity contribution >= 4 is 34.1 Å². The van der Waals surface area contributed by atoms with Crippen LogP contribution in [0.15, 0.2) is 54.6 Å². The van der Waals surface area contributed by atoms with Gasteiger partial charge < -0.3 is 9.80 Å². The highest BCUT2D eigenvalue weighted by molar-refractivity contribution is 8.00. The normalized spacial score (nSPS) is 16.8. The van der Waals surface area contributed by atoms with Crippen molar-refractivity contribution in [2.24, 2.45) is 0 Å². The Labute approximate surface area is 166 Å². The lowest BCUT2D eigenvalue weighted by molar-refractivity contribution is -0.128. The van der Waals surface area contributed by atoms with Gasteiger partial charge in [0.05, 0.1) is 5.75 Å². The smallest absolute Gasteiger partial charge is 0.234 e. The van der Waals surface area contributed by atoms with Gasteiger partial charge in [-0.25, -0.2) is 8.78 Å². The minimum Gasteiger partial charge on any atom is -0.377 e. The number of carbonyl (C=O) groups excluding carboxylic acids is 1. The summed E-state index contributed by atoms with van der Waals surface area (Å²) in [4.78, 5) is 16.3. The average Bonchev–Trinajstić information content (AvgIpc) is 3.03. The summed E-state index contributed by atoms with van der Waals surface area (Å²) in [7, 11) is 4.00. The summed E-state index contributed by atoms with van der Waals surface area (Å²) in [6, 6.07) is 15.7. The molecule has 3 aromatic rings. The van der Waals surface area contributed by atoms with Crippen molar-refractivity contribution in [3.63, 3.8) is 0 Å². The second-order valence-corrected chi connectivity index (χ2v) is 8.10. The number of hydrogen-bond acceptors (Lipinski definition) is 3. The van der Waals surface area contributed by atoms with Crippen LogP contribution in [0.3, 0.4) is 0 Å². The minimum atomic E-state index is -0.628. The third kappa shape index (κ3) is 3.33. The highest BCUT2D eigenvalue weighted by Crippen LogP contribution is 2.43. The molecule has 1 saturated heterocycles. The number of thioether (sulfide) groups is 1. The van der Waals surface area contributed by atoms with Crippen molar-refractivity contribution in [2.45, 2.75) is 11.9 Å². The van der Waals surface area contributed by atoms with Crippen molar-refractivity contribution in [1.29, 1.82) is 0 Å². The Morgan fingerprint density at radius 2 is 1.82 bits per heavy atom. The lowest BCUT2D eigenvalue weighted by Crippen LogP contribution is -2.28. The molecular formula is C22H20F2N2OS. The van der Waals surface area contributed by atoms with Gasteiger partial charge in [-0.1, -0.05) is 36.4 Å². The molecule has 0 bridgehead atoms. The van der Waals surface area contributed by atoms with Crippen LogP contribution in [0.5, 0.6) is 0 Å². The van der Waals surface area contributed by atoms with Gasteiger partial charge in [0.1, 0.15) is 17.0 Å². The summed E-state index contributed by atoms with van der Waals surface area (Å²) in [5.41, 5.74) is 2.45. The standard InChI is InChI=1S/C22H20F2N2OS/c1-25(2)20-10-9-18(16-5-3-4-6-17(16)20)22-26(21(27)13-28-22)12-14-7-8-15(23)11-19(14)24/h3-11,22H,12-13H2,1-2H3. The van der Waals surface area contributed by atoms with Crippen LogP contribution in [-0.4, -0.2) is 30.7 Å². The van der Waals surface area contributed by atoms with Gasteiger partial charge in [0.15, 0.2) is 0 Å². The molecule has 1 amide bonds. The molecular weight excluding hydrogens is 378 g/mol. The second-order valence-electron chi connectivity index (χ2n) is 7.03. The Morgan fingerprint density at radius 1 is 1.07 bits per heavy atom. The number of hydrogen-bond donors (Lipinski definition) is 0. The maximum Gasteiger partial charge on any atom is 0.234 e. The predicted molar refractivity (Wildman–Crippen MR) is 110 cm³/mol. The highest BCUT2D eigenvalue weighted by Gasteiger charge is 2.34. The van der Waals surface area contributed by atoms with E-state index in [-0.39, 0.29) is 17.8 Å². The first-order valence-corrected chi connectivity index (χ1v) is 10.0. The molecule has 6 heteroatoms. The van der Waals surface area contributed by atoms with Gasteiger partial charge in [-0.3, -0.25) is 4.79 Å². The molecule has 0 aromatic heterocycles. The van der Waals surface area contributed by atoms with E-state index in [0.29, 0.717) is 11.3 Å². The molecule has 0 saturated carbocycles. The van der Waals surface area contributed by atoms with Crippen molar-refractivity contribution < 1.29 is 13.6 Å². The predicted octanol–water partition coefficient (Wildman–Crippen LogP) is 4.96. The van der Waals surface area contributed by atoms with Crippen molar-refractivity contribution in [2.75, 3.05) is 24.7 Å². The summed E-state index contributed by atoms with van der Waals surface area (Å²) in [6.07, 6.45) is 0. The topological polar surface area (TPSA) is 23.6 Å². The van der Waals surface area contributed by atoms with Gasteiger partial charge in [0, 0.05) is 43.3 Å². The van der Waals surface area contributed by atoms with E-state index in [1.165, 1.54) is 23.9 Å². The van der Waals surface area contributed by atoms with Crippen LogP contribution >= 0.6 is 11.8 Å².